The van der Waals surface area contributed by atoms with Crippen molar-refractivity contribution in [3.63, 3.8) is 0 Å². The Morgan fingerprint density at radius 3 is 2.38 bits per heavy atom. The molecule has 0 aliphatic rings. The molecule has 0 spiro atoms. The quantitative estimate of drug-likeness (QED) is 0.122. The van der Waals surface area contributed by atoms with Gasteiger partial charge in [-0.05, 0) is 48.6 Å². The summed E-state index contributed by atoms with van der Waals surface area (Å²) in [6.07, 6.45) is 1.87. The second kappa shape index (κ2) is 12.5. The molecule has 190 valence electrons. The Labute approximate surface area is 215 Å². The van der Waals surface area contributed by atoms with E-state index < -0.39 is 11.7 Å². The van der Waals surface area contributed by atoms with E-state index in [1.54, 1.807) is 19.1 Å². The van der Waals surface area contributed by atoms with Crippen molar-refractivity contribution in [3.8, 4) is 16.9 Å². The number of hydrogen-bond donors (Lipinski definition) is 1. The molecule has 0 radical (unpaired) electrons. The van der Waals surface area contributed by atoms with Crippen LogP contribution in [0.5, 0.6) is 5.75 Å². The standard InChI is InChI=1S/C30H29NO6/c1-21-26(17-16-24-25(19-28(33)37-29(21)24)23-13-7-3-8-14-23)36-27(32)15-9-4-10-18-31-30(34)35-20-22-11-5-2-6-12-22/h2-3,5-8,11-14,16-17,19H,4,9-10,15,18,20H2,1H3,(H,31,34). The lowest BCUT2D eigenvalue weighted by Gasteiger charge is -2.11. The largest absolute Gasteiger partial charge is 0.445 e. The molecule has 0 saturated heterocycles. The first-order chi connectivity index (χ1) is 18.0. The normalized spacial score (nSPS) is 10.7. The van der Waals surface area contributed by atoms with E-state index in [0.717, 1.165) is 34.9 Å². The zero-order valence-electron chi connectivity index (χ0n) is 20.7. The summed E-state index contributed by atoms with van der Waals surface area (Å²) in [5.74, 6) is 0.00734. The summed E-state index contributed by atoms with van der Waals surface area (Å²) >= 11 is 0. The van der Waals surface area contributed by atoms with Crippen LogP contribution in [0.2, 0.25) is 0 Å². The van der Waals surface area contributed by atoms with E-state index in [4.69, 9.17) is 13.9 Å². The first-order valence-electron chi connectivity index (χ1n) is 12.3. The van der Waals surface area contributed by atoms with Crippen molar-refractivity contribution in [2.75, 3.05) is 6.54 Å². The first-order valence-corrected chi connectivity index (χ1v) is 12.3. The second-order valence-corrected chi connectivity index (χ2v) is 8.68. The molecule has 0 bridgehead atoms. The average molecular weight is 500 g/mol. The van der Waals surface area contributed by atoms with Gasteiger partial charge in [0.15, 0.2) is 0 Å². The van der Waals surface area contributed by atoms with Crippen LogP contribution in [0.4, 0.5) is 4.79 Å². The number of fused-ring (bicyclic) bond motifs is 1. The molecule has 4 aromatic rings. The van der Waals surface area contributed by atoms with Gasteiger partial charge >= 0.3 is 17.7 Å². The number of benzene rings is 3. The molecule has 0 fully saturated rings. The molecule has 7 nitrogen and oxygen atoms in total. The molecule has 3 aromatic carbocycles. The van der Waals surface area contributed by atoms with Crippen LogP contribution in [-0.2, 0) is 16.1 Å². The van der Waals surface area contributed by atoms with Crippen LogP contribution in [0.15, 0.2) is 88.1 Å². The molecule has 0 aliphatic heterocycles. The van der Waals surface area contributed by atoms with Gasteiger partial charge in [0, 0.05) is 30.0 Å². The third-order valence-electron chi connectivity index (χ3n) is 5.96. The van der Waals surface area contributed by atoms with Gasteiger partial charge in [-0.2, -0.15) is 0 Å². The Bertz CT molecular complexity index is 1410. The number of carbonyl (C=O) groups excluding carboxylic acids is 2. The number of hydrogen-bond acceptors (Lipinski definition) is 6. The lowest BCUT2D eigenvalue weighted by Crippen LogP contribution is -2.25. The minimum absolute atomic E-state index is 0.226. The molecule has 1 heterocycles. The van der Waals surface area contributed by atoms with Crippen molar-refractivity contribution >= 4 is 23.0 Å². The van der Waals surface area contributed by atoms with Crippen LogP contribution >= 0.6 is 0 Å². The Balaban J connectivity index is 1.24. The van der Waals surface area contributed by atoms with Crippen LogP contribution in [0.25, 0.3) is 22.1 Å². The highest BCUT2D eigenvalue weighted by atomic mass is 16.5. The smallest absolute Gasteiger partial charge is 0.407 e. The summed E-state index contributed by atoms with van der Waals surface area (Å²) in [5, 5.41) is 3.49. The number of aryl methyl sites for hydroxylation is 1. The van der Waals surface area contributed by atoms with E-state index in [1.807, 2.05) is 60.7 Å². The summed E-state index contributed by atoms with van der Waals surface area (Å²) in [5.41, 5.74) is 3.14. The van der Waals surface area contributed by atoms with E-state index in [0.29, 0.717) is 29.9 Å². The molecular formula is C30H29NO6. The molecule has 7 heteroatoms. The van der Waals surface area contributed by atoms with Crippen molar-refractivity contribution in [2.45, 2.75) is 39.2 Å². The molecule has 0 saturated carbocycles. The molecule has 0 aliphatic carbocycles. The monoisotopic (exact) mass is 499 g/mol. The highest BCUT2D eigenvalue weighted by Crippen LogP contribution is 2.33. The van der Waals surface area contributed by atoms with Gasteiger partial charge in [0.05, 0.1) is 0 Å². The number of alkyl carbamates (subject to hydrolysis) is 1. The fraction of sp³-hybridized carbons (Fsp3) is 0.233. The number of unbranched alkanes of at least 4 members (excludes halogenated alkanes) is 2. The van der Waals surface area contributed by atoms with Gasteiger partial charge in [-0.25, -0.2) is 9.59 Å². The van der Waals surface area contributed by atoms with Crippen LogP contribution in [0, 0.1) is 6.92 Å². The minimum atomic E-state index is -0.463. The fourth-order valence-electron chi connectivity index (χ4n) is 4.02. The highest BCUT2D eigenvalue weighted by molar-refractivity contribution is 5.95. The zero-order valence-corrected chi connectivity index (χ0v) is 20.7. The van der Waals surface area contributed by atoms with Crippen LogP contribution in [0.3, 0.4) is 0 Å². The fourth-order valence-corrected chi connectivity index (χ4v) is 4.02. The van der Waals surface area contributed by atoms with Gasteiger partial charge in [-0.1, -0.05) is 67.1 Å². The second-order valence-electron chi connectivity index (χ2n) is 8.68. The van der Waals surface area contributed by atoms with Crippen LogP contribution < -0.4 is 15.7 Å². The van der Waals surface area contributed by atoms with Gasteiger partial charge in [0.1, 0.15) is 17.9 Å². The summed E-state index contributed by atoms with van der Waals surface area (Å²) in [6, 6.07) is 24.1. The molecular weight excluding hydrogens is 470 g/mol. The third kappa shape index (κ3) is 7.07. The Morgan fingerprint density at radius 2 is 1.62 bits per heavy atom. The number of amides is 1. The lowest BCUT2D eigenvalue weighted by atomic mass is 10.0. The van der Waals surface area contributed by atoms with Gasteiger partial charge in [-0.15, -0.1) is 0 Å². The maximum Gasteiger partial charge on any atom is 0.407 e. The highest BCUT2D eigenvalue weighted by Gasteiger charge is 2.15. The van der Waals surface area contributed by atoms with Gasteiger partial charge in [0.25, 0.3) is 0 Å². The van der Waals surface area contributed by atoms with Gasteiger partial charge < -0.3 is 19.2 Å². The zero-order chi connectivity index (χ0) is 26.0. The molecule has 1 amide bonds. The number of nitrogens with one attached hydrogen (secondary N) is 1. The number of rotatable bonds is 10. The first kappa shape index (κ1) is 25.7. The Hall–Kier alpha value is -4.39. The van der Waals surface area contributed by atoms with E-state index in [9.17, 15) is 14.4 Å². The van der Waals surface area contributed by atoms with E-state index in [2.05, 4.69) is 5.32 Å². The lowest BCUT2D eigenvalue weighted by molar-refractivity contribution is -0.134. The van der Waals surface area contributed by atoms with Crippen LogP contribution in [0.1, 0.15) is 36.8 Å². The predicted octanol–water partition coefficient (Wildman–Crippen LogP) is 6.16. The van der Waals surface area contributed by atoms with E-state index in [-0.39, 0.29) is 19.0 Å². The van der Waals surface area contributed by atoms with E-state index >= 15 is 0 Å². The third-order valence-corrected chi connectivity index (χ3v) is 5.96. The SMILES string of the molecule is Cc1c(OC(=O)CCCCCNC(=O)OCc2ccccc2)ccc2c(-c3ccccc3)cc(=O)oc12. The topological polar surface area (TPSA) is 94.8 Å². The van der Waals surface area contributed by atoms with Gasteiger partial charge in [-0.3, -0.25) is 4.79 Å². The summed E-state index contributed by atoms with van der Waals surface area (Å²) in [7, 11) is 0. The molecule has 0 unspecified atom stereocenters. The van der Waals surface area contributed by atoms with Crippen molar-refractivity contribution in [2.24, 2.45) is 0 Å². The van der Waals surface area contributed by atoms with Crippen molar-refractivity contribution in [1.82, 2.24) is 5.32 Å². The predicted molar refractivity (Wildman–Crippen MR) is 141 cm³/mol. The molecule has 1 aromatic heterocycles. The van der Waals surface area contributed by atoms with Gasteiger partial charge in [0.2, 0.25) is 0 Å². The Kier molecular flexibility index (Phi) is 8.70. The molecule has 1 N–H and O–H groups in total. The summed E-state index contributed by atoms with van der Waals surface area (Å²) < 4.78 is 16.2. The Morgan fingerprint density at radius 1 is 0.892 bits per heavy atom. The molecule has 4 rings (SSSR count). The average Bonchev–Trinajstić information content (AvgIpc) is 2.92. The summed E-state index contributed by atoms with van der Waals surface area (Å²) in [4.78, 5) is 36.4. The van der Waals surface area contributed by atoms with E-state index in [1.165, 1.54) is 6.07 Å². The minimum Gasteiger partial charge on any atom is -0.445 e. The van der Waals surface area contributed by atoms with Crippen molar-refractivity contribution < 1.29 is 23.5 Å². The maximum absolute atomic E-state index is 12.4. The number of ether oxygens (including phenoxy) is 2. The van der Waals surface area contributed by atoms with Crippen molar-refractivity contribution in [3.05, 3.63) is 100 Å². The van der Waals surface area contributed by atoms with Crippen molar-refractivity contribution in [1.29, 1.82) is 0 Å². The number of carbonyl (C=O) groups is 2. The maximum atomic E-state index is 12.4. The molecule has 37 heavy (non-hydrogen) atoms. The van der Waals surface area contributed by atoms with Crippen LogP contribution in [-0.4, -0.2) is 18.6 Å². The number of esters is 1. The summed E-state index contributed by atoms with van der Waals surface area (Å²) in [6.45, 7) is 2.46. The molecule has 0 atom stereocenters.